The highest BCUT2D eigenvalue weighted by Gasteiger charge is 2.26. The van der Waals surface area contributed by atoms with Crippen LogP contribution in [-0.2, 0) is 0 Å². The molecule has 22 heavy (non-hydrogen) atoms. The van der Waals surface area contributed by atoms with Gasteiger partial charge in [-0.3, -0.25) is 4.99 Å². The average molecular weight is 297 g/mol. The van der Waals surface area contributed by atoms with Crippen LogP contribution in [-0.4, -0.2) is 13.3 Å². The minimum Gasteiger partial charge on any atom is -0.297 e. The van der Waals surface area contributed by atoms with Crippen LogP contribution in [0.25, 0.3) is 0 Å². The molecule has 0 bridgehead atoms. The zero-order valence-corrected chi connectivity index (χ0v) is 15.1. The third-order valence-electron chi connectivity index (χ3n) is 4.26. The molecule has 1 rings (SSSR count). The molecule has 120 valence electrons. The van der Waals surface area contributed by atoms with E-state index in [0.717, 1.165) is 0 Å². The number of hydrogen-bond donors (Lipinski definition) is 0. The SMILES string of the molecule is CN=C/C=C(C)/C=C/C=C(C)/C=C/C1=C(C)CCCC1(C)C. The summed E-state index contributed by atoms with van der Waals surface area (Å²) in [5, 5.41) is 0. The maximum absolute atomic E-state index is 3.95. The number of nitrogens with zero attached hydrogens (tertiary/aromatic N) is 1. The first-order valence-corrected chi connectivity index (χ1v) is 8.19. The van der Waals surface area contributed by atoms with Gasteiger partial charge in [-0.25, -0.2) is 0 Å². The molecule has 1 nitrogen and oxygen atoms in total. The first kappa shape index (κ1) is 18.4. The van der Waals surface area contributed by atoms with Gasteiger partial charge in [0.15, 0.2) is 0 Å². The summed E-state index contributed by atoms with van der Waals surface area (Å²) in [6, 6.07) is 0. The Balaban J connectivity index is 2.77. The number of rotatable bonds is 5. The Hall–Kier alpha value is -1.63. The molecule has 1 aliphatic carbocycles. The van der Waals surface area contributed by atoms with Gasteiger partial charge < -0.3 is 0 Å². The number of hydrogen-bond acceptors (Lipinski definition) is 1. The molecule has 0 N–H and O–H groups in total. The minimum atomic E-state index is 0.313. The highest BCUT2D eigenvalue weighted by molar-refractivity contribution is 5.72. The summed E-state index contributed by atoms with van der Waals surface area (Å²) >= 11 is 0. The molecule has 0 spiro atoms. The van der Waals surface area contributed by atoms with Crippen molar-refractivity contribution in [1.29, 1.82) is 0 Å². The van der Waals surface area contributed by atoms with E-state index >= 15 is 0 Å². The third-order valence-corrected chi connectivity index (χ3v) is 4.26. The molecular weight excluding hydrogens is 266 g/mol. The van der Waals surface area contributed by atoms with Crippen LogP contribution in [0.1, 0.15) is 53.9 Å². The molecule has 0 heterocycles. The molecular formula is C21H31N. The molecule has 0 atom stereocenters. The molecule has 1 aliphatic rings. The Morgan fingerprint density at radius 2 is 1.77 bits per heavy atom. The van der Waals surface area contributed by atoms with E-state index in [1.807, 2.05) is 12.3 Å². The molecule has 0 radical (unpaired) electrons. The van der Waals surface area contributed by atoms with E-state index in [1.54, 1.807) is 12.6 Å². The largest absolute Gasteiger partial charge is 0.297 e. The van der Waals surface area contributed by atoms with Gasteiger partial charge >= 0.3 is 0 Å². The monoisotopic (exact) mass is 297 g/mol. The highest BCUT2D eigenvalue weighted by atomic mass is 14.6. The van der Waals surface area contributed by atoms with E-state index in [1.165, 1.54) is 36.0 Å². The van der Waals surface area contributed by atoms with Crippen molar-refractivity contribution in [2.24, 2.45) is 10.4 Å². The average Bonchev–Trinajstić information content (AvgIpc) is 2.43. The maximum Gasteiger partial charge on any atom is 0.0277 e. The van der Waals surface area contributed by atoms with Gasteiger partial charge in [-0.15, -0.1) is 0 Å². The standard InChI is InChI=1S/C21H31N/c1-17(9-7-10-18(2)14-16-22-6)12-13-20-19(3)11-8-15-21(20,4)5/h7,9-10,12-14,16H,8,11,15H2,1-6H3/b10-7+,13-12+,17-9+,18-14+,22-16?. The molecule has 0 saturated heterocycles. The summed E-state index contributed by atoms with van der Waals surface area (Å²) in [4.78, 5) is 3.95. The van der Waals surface area contributed by atoms with Crippen molar-refractivity contribution in [3.05, 3.63) is 58.7 Å². The van der Waals surface area contributed by atoms with Crippen LogP contribution in [0.15, 0.2) is 63.7 Å². The van der Waals surface area contributed by atoms with Crippen molar-refractivity contribution < 1.29 is 0 Å². The Kier molecular flexibility index (Phi) is 7.31. The van der Waals surface area contributed by atoms with E-state index < -0.39 is 0 Å². The fourth-order valence-corrected chi connectivity index (χ4v) is 2.88. The van der Waals surface area contributed by atoms with Gasteiger partial charge in [-0.1, -0.05) is 55.4 Å². The fourth-order valence-electron chi connectivity index (χ4n) is 2.88. The normalized spacial score (nSPS) is 20.8. The van der Waals surface area contributed by atoms with Crippen molar-refractivity contribution >= 4 is 6.21 Å². The fraction of sp³-hybridized carbons (Fsp3) is 0.476. The predicted octanol–water partition coefficient (Wildman–Crippen LogP) is 6.22. The molecule has 0 saturated carbocycles. The van der Waals surface area contributed by atoms with Crippen LogP contribution >= 0.6 is 0 Å². The van der Waals surface area contributed by atoms with Gasteiger partial charge in [-0.2, -0.15) is 0 Å². The van der Waals surface area contributed by atoms with Crippen molar-refractivity contribution in [1.82, 2.24) is 0 Å². The Bertz CT molecular complexity index is 548. The van der Waals surface area contributed by atoms with Crippen LogP contribution in [0.4, 0.5) is 0 Å². The molecule has 0 amide bonds. The maximum atomic E-state index is 3.95. The lowest BCUT2D eigenvalue weighted by molar-refractivity contribution is 0.377. The van der Waals surface area contributed by atoms with Crippen molar-refractivity contribution in [2.75, 3.05) is 7.05 Å². The van der Waals surface area contributed by atoms with E-state index in [0.29, 0.717) is 5.41 Å². The van der Waals surface area contributed by atoms with Crippen LogP contribution in [0.3, 0.4) is 0 Å². The third kappa shape index (κ3) is 6.01. The van der Waals surface area contributed by atoms with E-state index in [4.69, 9.17) is 0 Å². The summed E-state index contributed by atoms with van der Waals surface area (Å²) in [5.74, 6) is 0. The second-order valence-corrected chi connectivity index (χ2v) is 6.85. The smallest absolute Gasteiger partial charge is 0.0277 e. The zero-order valence-electron chi connectivity index (χ0n) is 15.1. The molecule has 0 unspecified atom stereocenters. The van der Waals surface area contributed by atoms with E-state index in [9.17, 15) is 0 Å². The topological polar surface area (TPSA) is 12.4 Å². The number of allylic oxidation sites excluding steroid dienone is 10. The van der Waals surface area contributed by atoms with Crippen LogP contribution in [0, 0.1) is 5.41 Å². The van der Waals surface area contributed by atoms with Gasteiger partial charge in [0.2, 0.25) is 0 Å². The zero-order chi connectivity index (χ0) is 16.6. The van der Waals surface area contributed by atoms with E-state index in [2.05, 4.69) is 70.0 Å². The molecule has 0 aliphatic heterocycles. The van der Waals surface area contributed by atoms with Crippen LogP contribution < -0.4 is 0 Å². The summed E-state index contributed by atoms with van der Waals surface area (Å²) in [6.07, 6.45) is 18.6. The van der Waals surface area contributed by atoms with Crippen molar-refractivity contribution in [3.8, 4) is 0 Å². The Labute approximate surface area is 136 Å². The lowest BCUT2D eigenvalue weighted by Gasteiger charge is -2.32. The predicted molar refractivity (Wildman–Crippen MR) is 101 cm³/mol. The molecule has 0 fully saturated rings. The van der Waals surface area contributed by atoms with Crippen LogP contribution in [0.2, 0.25) is 0 Å². The first-order valence-electron chi connectivity index (χ1n) is 8.19. The second-order valence-electron chi connectivity index (χ2n) is 6.85. The van der Waals surface area contributed by atoms with Crippen molar-refractivity contribution in [2.45, 2.75) is 53.9 Å². The summed E-state index contributed by atoms with van der Waals surface area (Å²) in [5.41, 5.74) is 5.85. The van der Waals surface area contributed by atoms with E-state index in [-0.39, 0.29) is 0 Å². The second kappa shape index (κ2) is 8.73. The summed E-state index contributed by atoms with van der Waals surface area (Å²) < 4.78 is 0. The summed E-state index contributed by atoms with van der Waals surface area (Å²) in [7, 11) is 1.78. The number of aliphatic imine (C=N–C) groups is 1. The van der Waals surface area contributed by atoms with Gasteiger partial charge in [0.25, 0.3) is 0 Å². The van der Waals surface area contributed by atoms with Gasteiger partial charge in [0.05, 0.1) is 0 Å². The quantitative estimate of drug-likeness (QED) is 0.422. The highest BCUT2D eigenvalue weighted by Crippen LogP contribution is 2.40. The lowest BCUT2D eigenvalue weighted by atomic mass is 9.72. The van der Waals surface area contributed by atoms with Gasteiger partial charge in [0, 0.05) is 13.3 Å². The van der Waals surface area contributed by atoms with Crippen LogP contribution in [0.5, 0.6) is 0 Å². The van der Waals surface area contributed by atoms with Crippen molar-refractivity contribution in [3.63, 3.8) is 0 Å². The molecule has 0 aromatic carbocycles. The van der Waals surface area contributed by atoms with Gasteiger partial charge in [0.1, 0.15) is 0 Å². The molecule has 0 aromatic heterocycles. The Morgan fingerprint density at radius 1 is 1.09 bits per heavy atom. The molecule has 0 aromatic rings. The summed E-state index contributed by atoms with van der Waals surface area (Å²) in [6.45, 7) is 11.2. The lowest BCUT2D eigenvalue weighted by Crippen LogP contribution is -2.19. The molecule has 1 heteroatoms. The van der Waals surface area contributed by atoms with Gasteiger partial charge in [-0.05, 0) is 62.7 Å². The first-order chi connectivity index (χ1) is 10.4. The minimum absolute atomic E-state index is 0.313. The Morgan fingerprint density at radius 3 is 2.41 bits per heavy atom.